The Kier molecular flexibility index (Phi) is 4.00. The van der Waals surface area contributed by atoms with Gasteiger partial charge in [0.15, 0.2) is 0 Å². The minimum absolute atomic E-state index is 0.606. The number of aromatic nitrogens is 1. The van der Waals surface area contributed by atoms with Gasteiger partial charge in [0, 0.05) is 34.7 Å². The summed E-state index contributed by atoms with van der Waals surface area (Å²) >= 11 is 1.78. The minimum atomic E-state index is -1.61. The zero-order chi connectivity index (χ0) is 24.3. The lowest BCUT2D eigenvalue weighted by molar-refractivity contribution is 1.17. The van der Waals surface area contributed by atoms with Gasteiger partial charge in [0.1, 0.15) is 0 Å². The summed E-state index contributed by atoms with van der Waals surface area (Å²) in [5, 5.41) is 7.48. The predicted molar refractivity (Wildman–Crippen MR) is 147 cm³/mol. The van der Waals surface area contributed by atoms with Crippen LogP contribution in [0.1, 0.15) is 13.9 Å². The highest BCUT2D eigenvalue weighted by Gasteiger charge is 2.13. The van der Waals surface area contributed by atoms with E-state index >= 15 is 0 Å². The molecule has 34 heavy (non-hydrogen) atoms. The molecule has 1 nitrogen and oxygen atoms in total. The van der Waals surface area contributed by atoms with Gasteiger partial charge < -0.3 is 0 Å². The zero-order valence-electron chi connectivity index (χ0n) is 20.3. The molecule has 0 saturated heterocycles. The Morgan fingerprint density at radius 1 is 0.618 bits per heavy atom. The molecular formula is C32H21NS. The zero-order valence-corrected chi connectivity index (χ0v) is 19.1. The highest BCUT2D eigenvalue weighted by molar-refractivity contribution is 7.26. The van der Waals surface area contributed by atoms with E-state index in [1.54, 1.807) is 23.6 Å². The van der Waals surface area contributed by atoms with E-state index in [1.807, 2.05) is 36.4 Å². The molecule has 0 amide bonds. The highest BCUT2D eigenvalue weighted by Crippen LogP contribution is 2.42. The standard InChI is InChI=1S/C32H21NS/c1-2-7-21(8-3-1)17-22-15-16-33-30(18-22)27-12-6-11-26-29-19-24-14-13-23-9-4-5-10-25(23)28(24)20-31(29)34-32(26)27/h1-16,18-20H,17H2/i17D2. The van der Waals surface area contributed by atoms with E-state index in [-0.39, 0.29) is 0 Å². The Morgan fingerprint density at radius 3 is 2.38 bits per heavy atom. The number of fused-ring (bicyclic) bond motifs is 6. The van der Waals surface area contributed by atoms with Crippen LogP contribution in [0.25, 0.3) is 53.0 Å². The van der Waals surface area contributed by atoms with Gasteiger partial charge in [0.25, 0.3) is 0 Å². The van der Waals surface area contributed by atoms with Gasteiger partial charge in [0.05, 0.1) is 5.69 Å². The molecule has 0 fully saturated rings. The Morgan fingerprint density at radius 2 is 1.44 bits per heavy atom. The van der Waals surface area contributed by atoms with Gasteiger partial charge in [-0.05, 0) is 63.3 Å². The second kappa shape index (κ2) is 7.79. The molecule has 160 valence electrons. The van der Waals surface area contributed by atoms with Crippen LogP contribution in [0.3, 0.4) is 0 Å². The second-order valence-corrected chi connectivity index (χ2v) is 9.61. The normalized spacial score (nSPS) is 12.9. The molecular weight excluding hydrogens is 430 g/mol. The van der Waals surface area contributed by atoms with E-state index in [2.05, 4.69) is 71.7 Å². The summed E-state index contributed by atoms with van der Waals surface area (Å²) in [6, 6.07) is 36.9. The van der Waals surface area contributed by atoms with Gasteiger partial charge in [0.2, 0.25) is 0 Å². The SMILES string of the molecule is [2H]C([2H])(c1ccccc1)c1ccnc(-c2cccc3c2sc2cc4c(ccc5ccccc54)cc23)c1. The monoisotopic (exact) mass is 453 g/mol. The summed E-state index contributed by atoms with van der Waals surface area (Å²) in [5.74, 6) is 0. The average molecular weight is 454 g/mol. The Labute approximate surface area is 204 Å². The quantitative estimate of drug-likeness (QED) is 0.243. The molecule has 7 aromatic rings. The van der Waals surface area contributed by atoms with E-state index in [9.17, 15) is 0 Å². The molecule has 7 rings (SSSR count). The Bertz CT molecular complexity index is 1920. The van der Waals surface area contributed by atoms with Crippen molar-refractivity contribution in [1.82, 2.24) is 4.98 Å². The van der Waals surface area contributed by atoms with Crippen molar-refractivity contribution in [1.29, 1.82) is 0 Å². The van der Waals surface area contributed by atoms with Crippen LogP contribution < -0.4 is 0 Å². The Balaban J connectivity index is 1.43. The molecule has 0 N–H and O–H groups in total. The third-order valence-corrected chi connectivity index (χ3v) is 7.66. The first-order valence-corrected chi connectivity index (χ1v) is 12.2. The van der Waals surface area contributed by atoms with Crippen LogP contribution in [0, 0.1) is 0 Å². The average Bonchev–Trinajstić information content (AvgIpc) is 3.30. The first-order valence-electron chi connectivity index (χ1n) is 12.4. The summed E-state index contributed by atoms with van der Waals surface area (Å²) in [4.78, 5) is 4.67. The van der Waals surface area contributed by atoms with Gasteiger partial charge in [-0.2, -0.15) is 0 Å². The summed E-state index contributed by atoms with van der Waals surface area (Å²) in [5.41, 5.74) is 3.07. The first kappa shape index (κ1) is 17.5. The summed E-state index contributed by atoms with van der Waals surface area (Å²) in [6.45, 7) is 0. The van der Waals surface area contributed by atoms with Crippen molar-refractivity contribution in [2.75, 3.05) is 0 Å². The lowest BCUT2D eigenvalue weighted by atomic mass is 9.99. The summed E-state index contributed by atoms with van der Waals surface area (Å²) in [7, 11) is 0. The summed E-state index contributed by atoms with van der Waals surface area (Å²) in [6.07, 6.45) is 0.115. The fourth-order valence-corrected chi connectivity index (χ4v) is 6.09. The number of hydrogen-bond acceptors (Lipinski definition) is 2. The second-order valence-electron chi connectivity index (χ2n) is 8.56. The molecule has 0 bridgehead atoms. The third-order valence-electron chi connectivity index (χ3n) is 6.46. The van der Waals surface area contributed by atoms with E-state index < -0.39 is 6.37 Å². The lowest BCUT2D eigenvalue weighted by Crippen LogP contribution is -1.91. The van der Waals surface area contributed by atoms with E-state index in [4.69, 9.17) is 2.74 Å². The van der Waals surface area contributed by atoms with Crippen LogP contribution in [-0.4, -0.2) is 4.98 Å². The number of rotatable bonds is 3. The van der Waals surface area contributed by atoms with Crippen LogP contribution in [0.4, 0.5) is 0 Å². The predicted octanol–water partition coefficient (Wildman–Crippen LogP) is 9.01. The van der Waals surface area contributed by atoms with Gasteiger partial charge >= 0.3 is 0 Å². The van der Waals surface area contributed by atoms with Crippen LogP contribution in [-0.2, 0) is 6.37 Å². The lowest BCUT2D eigenvalue weighted by Gasteiger charge is -2.06. The smallest absolute Gasteiger partial charge is 0.0719 e. The number of pyridine rings is 1. The molecule has 5 aromatic carbocycles. The van der Waals surface area contributed by atoms with E-state index in [1.165, 1.54) is 41.7 Å². The molecule has 0 aliphatic carbocycles. The maximum Gasteiger partial charge on any atom is 0.0719 e. The molecule has 2 heteroatoms. The van der Waals surface area contributed by atoms with Gasteiger partial charge in [-0.1, -0.05) is 84.9 Å². The molecule has 0 spiro atoms. The topological polar surface area (TPSA) is 12.9 Å². The molecule has 2 aromatic heterocycles. The number of nitrogens with zero attached hydrogens (tertiary/aromatic N) is 1. The van der Waals surface area contributed by atoms with Crippen molar-refractivity contribution >= 4 is 53.1 Å². The van der Waals surface area contributed by atoms with Crippen LogP contribution in [0.2, 0.25) is 0 Å². The van der Waals surface area contributed by atoms with Crippen LogP contribution in [0.5, 0.6) is 0 Å². The maximum atomic E-state index is 8.81. The highest BCUT2D eigenvalue weighted by atomic mass is 32.1. The molecule has 2 heterocycles. The number of benzene rings is 5. The van der Waals surface area contributed by atoms with Crippen molar-refractivity contribution in [3.05, 3.63) is 127 Å². The van der Waals surface area contributed by atoms with Gasteiger partial charge in [-0.25, -0.2) is 0 Å². The van der Waals surface area contributed by atoms with Crippen molar-refractivity contribution in [2.24, 2.45) is 0 Å². The van der Waals surface area contributed by atoms with Crippen LogP contribution >= 0.6 is 11.3 Å². The van der Waals surface area contributed by atoms with Crippen molar-refractivity contribution in [3.63, 3.8) is 0 Å². The maximum absolute atomic E-state index is 8.81. The molecule has 0 radical (unpaired) electrons. The number of thiophene rings is 1. The fraction of sp³-hybridized carbons (Fsp3) is 0.0312. The van der Waals surface area contributed by atoms with Gasteiger partial charge in [-0.3, -0.25) is 4.98 Å². The molecule has 0 atom stereocenters. The Hall–Kier alpha value is -4.01. The largest absolute Gasteiger partial charge is 0.256 e. The van der Waals surface area contributed by atoms with Gasteiger partial charge in [-0.15, -0.1) is 11.3 Å². The molecule has 0 aliphatic heterocycles. The van der Waals surface area contributed by atoms with E-state index in [0.29, 0.717) is 11.1 Å². The van der Waals surface area contributed by atoms with Crippen molar-refractivity contribution in [3.8, 4) is 11.3 Å². The van der Waals surface area contributed by atoms with Crippen LogP contribution in [0.15, 0.2) is 115 Å². The van der Waals surface area contributed by atoms with Crippen molar-refractivity contribution in [2.45, 2.75) is 6.37 Å². The number of hydrogen-bond donors (Lipinski definition) is 0. The van der Waals surface area contributed by atoms with Crippen molar-refractivity contribution < 1.29 is 2.74 Å². The third kappa shape index (κ3) is 3.19. The minimum Gasteiger partial charge on any atom is -0.256 e. The fourth-order valence-electron chi connectivity index (χ4n) is 4.84. The molecule has 0 aliphatic rings. The molecule has 0 unspecified atom stereocenters. The summed E-state index contributed by atoms with van der Waals surface area (Å²) < 4.78 is 20.0. The van der Waals surface area contributed by atoms with E-state index in [0.717, 1.165) is 11.3 Å². The first-order chi connectivity index (χ1) is 17.6. The molecule has 0 saturated carbocycles.